The minimum Gasteiger partial charge on any atom is -0.495 e. The number of hydrogen-bond acceptors (Lipinski definition) is 5. The molecule has 0 bridgehead atoms. The van der Waals surface area contributed by atoms with E-state index in [-0.39, 0.29) is 0 Å². The van der Waals surface area contributed by atoms with Gasteiger partial charge in [-0.1, -0.05) is 6.07 Å². The Morgan fingerprint density at radius 3 is 2.69 bits per heavy atom. The van der Waals surface area contributed by atoms with Crippen LogP contribution in [0.15, 0.2) is 35.7 Å². The lowest BCUT2D eigenvalue weighted by Crippen LogP contribution is -2.36. The number of nitrogens with zero attached hydrogens (tertiary/aromatic N) is 2. The first kappa shape index (κ1) is 18.3. The number of benzene rings is 1. The molecule has 0 atom stereocenters. The first-order valence-electron chi connectivity index (χ1n) is 9.72. The summed E-state index contributed by atoms with van der Waals surface area (Å²) in [5, 5.41) is 11.8. The van der Waals surface area contributed by atoms with Crippen molar-refractivity contribution in [1.29, 1.82) is 0 Å². The number of aromatic nitrogens is 1. The van der Waals surface area contributed by atoms with Crippen molar-refractivity contribution >= 4 is 23.0 Å². The molecule has 2 aromatic heterocycles. The number of methoxy groups -OCH3 is 1. The number of rotatable bonds is 4. The summed E-state index contributed by atoms with van der Waals surface area (Å²) in [6, 6.07) is 10.2. The summed E-state index contributed by atoms with van der Waals surface area (Å²) < 4.78 is 13.2. The molecular formula is C22H22N2O4S. The number of hydrogen-bond donors (Lipinski definition) is 1. The van der Waals surface area contributed by atoms with Crippen molar-refractivity contribution in [3.05, 3.63) is 47.0 Å². The average Bonchev–Trinajstić information content (AvgIpc) is 3.41. The first-order valence-corrected chi connectivity index (χ1v) is 10.6. The molecule has 150 valence electrons. The number of carboxylic acid groups (broad SMARTS) is 1. The van der Waals surface area contributed by atoms with E-state index in [1.54, 1.807) is 18.4 Å². The molecule has 6 nitrogen and oxygen atoms in total. The summed E-state index contributed by atoms with van der Waals surface area (Å²) in [7, 11) is 1.71. The molecule has 29 heavy (non-hydrogen) atoms. The smallest absolute Gasteiger partial charge is 0.352 e. The highest BCUT2D eigenvalue weighted by molar-refractivity contribution is 7.13. The van der Waals surface area contributed by atoms with Crippen LogP contribution in [-0.2, 0) is 17.7 Å². The summed E-state index contributed by atoms with van der Waals surface area (Å²) in [6.07, 6.45) is 0.779. The van der Waals surface area contributed by atoms with Crippen molar-refractivity contribution in [3.63, 3.8) is 0 Å². The van der Waals surface area contributed by atoms with Crippen molar-refractivity contribution in [2.45, 2.75) is 13.0 Å². The van der Waals surface area contributed by atoms with Gasteiger partial charge in [0, 0.05) is 35.6 Å². The minimum atomic E-state index is -0.889. The Bertz CT molecular complexity index is 1070. The van der Waals surface area contributed by atoms with Gasteiger partial charge in [0.05, 0.1) is 31.7 Å². The van der Waals surface area contributed by atoms with E-state index in [0.717, 1.165) is 52.6 Å². The molecule has 3 aromatic rings. The maximum Gasteiger partial charge on any atom is 0.352 e. The van der Waals surface area contributed by atoms with E-state index in [1.807, 2.05) is 28.1 Å². The molecule has 0 spiro atoms. The third kappa shape index (κ3) is 3.01. The zero-order chi connectivity index (χ0) is 20.0. The largest absolute Gasteiger partial charge is 0.495 e. The number of aryl methyl sites for hydroxylation is 1. The van der Waals surface area contributed by atoms with Gasteiger partial charge in [-0.2, -0.15) is 0 Å². The van der Waals surface area contributed by atoms with Crippen LogP contribution in [0.5, 0.6) is 5.75 Å². The van der Waals surface area contributed by atoms with Crippen LogP contribution in [0.4, 0.5) is 5.69 Å². The van der Waals surface area contributed by atoms with E-state index in [1.165, 1.54) is 5.56 Å². The van der Waals surface area contributed by atoms with Gasteiger partial charge in [-0.3, -0.25) is 0 Å². The quantitative estimate of drug-likeness (QED) is 0.705. The van der Waals surface area contributed by atoms with Gasteiger partial charge in [-0.15, -0.1) is 11.3 Å². The Hall–Kier alpha value is -2.77. The maximum absolute atomic E-state index is 11.9. The topological polar surface area (TPSA) is 63.9 Å². The number of carboxylic acids is 1. The standard InChI is InChI=1S/C22H22N2O4S/c1-27-19-11-14-4-5-24-18(22(25)26)13-16(20-3-2-10-29-20)21(24)15(14)12-17(19)23-6-8-28-9-7-23/h2-3,10-13H,4-9H2,1H3,(H,25,26). The predicted molar refractivity (Wildman–Crippen MR) is 113 cm³/mol. The van der Waals surface area contributed by atoms with Crippen molar-refractivity contribution in [3.8, 4) is 27.4 Å². The van der Waals surface area contributed by atoms with E-state index in [9.17, 15) is 9.90 Å². The number of aromatic carboxylic acids is 1. The molecule has 1 fully saturated rings. The summed E-state index contributed by atoms with van der Waals surface area (Å²) >= 11 is 1.63. The lowest BCUT2D eigenvalue weighted by molar-refractivity contribution is 0.0685. The van der Waals surface area contributed by atoms with E-state index in [0.29, 0.717) is 25.5 Å². The van der Waals surface area contributed by atoms with Crippen molar-refractivity contribution in [2.24, 2.45) is 0 Å². The fourth-order valence-electron chi connectivity index (χ4n) is 4.35. The molecule has 5 rings (SSSR count). The minimum absolute atomic E-state index is 0.345. The number of morpholine rings is 1. The van der Waals surface area contributed by atoms with Crippen LogP contribution in [0, 0.1) is 0 Å². The van der Waals surface area contributed by atoms with Gasteiger partial charge in [0.15, 0.2) is 0 Å². The van der Waals surface area contributed by atoms with Crippen LogP contribution in [-0.4, -0.2) is 49.1 Å². The Labute approximate surface area is 172 Å². The molecular weight excluding hydrogens is 388 g/mol. The Kier molecular flexibility index (Phi) is 4.56. The van der Waals surface area contributed by atoms with Gasteiger partial charge in [-0.25, -0.2) is 4.79 Å². The highest BCUT2D eigenvalue weighted by Crippen LogP contribution is 2.45. The second kappa shape index (κ2) is 7.24. The molecule has 2 aliphatic heterocycles. The Morgan fingerprint density at radius 2 is 2.00 bits per heavy atom. The van der Waals surface area contributed by atoms with E-state index in [4.69, 9.17) is 9.47 Å². The molecule has 2 aliphatic rings. The first-order chi connectivity index (χ1) is 14.2. The third-order valence-corrected chi connectivity index (χ3v) is 6.62. The molecule has 7 heteroatoms. The number of ether oxygens (including phenoxy) is 2. The average molecular weight is 410 g/mol. The maximum atomic E-state index is 11.9. The number of carbonyl (C=O) groups is 1. The van der Waals surface area contributed by atoms with E-state index in [2.05, 4.69) is 17.0 Å². The van der Waals surface area contributed by atoms with Gasteiger partial charge < -0.3 is 24.0 Å². The fraction of sp³-hybridized carbons (Fsp3) is 0.318. The van der Waals surface area contributed by atoms with E-state index < -0.39 is 5.97 Å². The molecule has 0 unspecified atom stereocenters. The number of fused-ring (bicyclic) bond motifs is 3. The van der Waals surface area contributed by atoms with Gasteiger partial charge in [-0.05, 0) is 41.6 Å². The zero-order valence-corrected chi connectivity index (χ0v) is 17.0. The zero-order valence-electron chi connectivity index (χ0n) is 16.2. The van der Waals surface area contributed by atoms with Gasteiger partial charge >= 0.3 is 5.97 Å². The lowest BCUT2D eigenvalue weighted by Gasteiger charge is -2.32. The fourth-order valence-corrected chi connectivity index (χ4v) is 5.10. The van der Waals surface area contributed by atoms with Gasteiger partial charge in [0.2, 0.25) is 0 Å². The molecule has 1 aromatic carbocycles. The van der Waals surface area contributed by atoms with Crippen LogP contribution in [0.2, 0.25) is 0 Å². The lowest BCUT2D eigenvalue weighted by atomic mass is 9.94. The highest BCUT2D eigenvalue weighted by Gasteiger charge is 2.29. The number of thiophene rings is 1. The summed E-state index contributed by atoms with van der Waals surface area (Å²) in [5.74, 6) is -0.0267. The van der Waals surface area contributed by atoms with Crippen LogP contribution in [0.1, 0.15) is 16.1 Å². The second-order valence-electron chi connectivity index (χ2n) is 7.26. The Morgan fingerprint density at radius 1 is 1.17 bits per heavy atom. The molecule has 1 saturated heterocycles. The van der Waals surface area contributed by atoms with Crippen molar-refractivity contribution in [2.75, 3.05) is 38.3 Å². The SMILES string of the molecule is COc1cc2c(cc1N1CCOCC1)-c1c(-c3cccs3)cc(C(=O)O)n1CC2. The summed E-state index contributed by atoms with van der Waals surface area (Å²) in [6.45, 7) is 3.67. The normalized spacial score (nSPS) is 15.7. The van der Waals surface area contributed by atoms with Crippen LogP contribution >= 0.6 is 11.3 Å². The highest BCUT2D eigenvalue weighted by atomic mass is 32.1. The molecule has 4 heterocycles. The number of anilines is 1. The van der Waals surface area contributed by atoms with Crippen molar-refractivity contribution < 1.29 is 19.4 Å². The van der Waals surface area contributed by atoms with E-state index >= 15 is 0 Å². The predicted octanol–water partition coefficient (Wildman–Crippen LogP) is 3.98. The molecule has 0 saturated carbocycles. The Balaban J connectivity index is 1.73. The second-order valence-corrected chi connectivity index (χ2v) is 8.20. The monoisotopic (exact) mass is 410 g/mol. The van der Waals surface area contributed by atoms with Crippen molar-refractivity contribution in [1.82, 2.24) is 4.57 Å². The third-order valence-electron chi connectivity index (χ3n) is 5.72. The van der Waals surface area contributed by atoms with Gasteiger partial charge in [0.25, 0.3) is 0 Å². The molecule has 0 amide bonds. The molecule has 0 radical (unpaired) electrons. The summed E-state index contributed by atoms with van der Waals surface area (Å²) in [4.78, 5) is 15.3. The van der Waals surface area contributed by atoms with Crippen LogP contribution in [0.25, 0.3) is 21.7 Å². The molecule has 1 N–H and O–H groups in total. The van der Waals surface area contributed by atoms with Crippen LogP contribution < -0.4 is 9.64 Å². The molecule has 0 aliphatic carbocycles. The van der Waals surface area contributed by atoms with Crippen LogP contribution in [0.3, 0.4) is 0 Å². The summed E-state index contributed by atoms with van der Waals surface area (Å²) in [5.41, 5.74) is 5.64. The van der Waals surface area contributed by atoms with Gasteiger partial charge in [0.1, 0.15) is 11.4 Å².